The minimum atomic E-state index is -0.716. The van der Waals surface area contributed by atoms with E-state index in [1.165, 1.54) is 12.3 Å². The summed E-state index contributed by atoms with van der Waals surface area (Å²) in [6.45, 7) is 0. The van der Waals surface area contributed by atoms with Gasteiger partial charge in [-0.1, -0.05) is 6.07 Å². The van der Waals surface area contributed by atoms with Gasteiger partial charge in [0.2, 0.25) is 0 Å². The Balaban J connectivity index is 2.36. The summed E-state index contributed by atoms with van der Waals surface area (Å²) in [4.78, 5) is 25.8. The van der Waals surface area contributed by atoms with Crippen molar-refractivity contribution in [2.75, 3.05) is 5.32 Å². The lowest BCUT2D eigenvalue weighted by Crippen LogP contribution is -2.14. The lowest BCUT2D eigenvalue weighted by Gasteiger charge is -2.06. The summed E-state index contributed by atoms with van der Waals surface area (Å²) < 4.78 is 13.4. The molecule has 2 rings (SSSR count). The first-order valence-corrected chi connectivity index (χ1v) is 6.14. The van der Waals surface area contributed by atoms with E-state index in [1.807, 2.05) is 0 Å². The van der Waals surface area contributed by atoms with Crippen LogP contribution < -0.4 is 5.32 Å². The van der Waals surface area contributed by atoms with Gasteiger partial charge >= 0.3 is 0 Å². The molecule has 0 saturated heterocycles. The number of pyridine rings is 1. The molecule has 20 heavy (non-hydrogen) atoms. The molecule has 0 atom stereocenters. The van der Waals surface area contributed by atoms with Gasteiger partial charge in [-0.2, -0.15) is 0 Å². The molecule has 6 nitrogen and oxygen atoms in total. The molecular formula is C12H7BrFN3O3. The molecule has 1 N–H and O–H groups in total. The van der Waals surface area contributed by atoms with Gasteiger partial charge < -0.3 is 5.32 Å². The highest BCUT2D eigenvalue weighted by Gasteiger charge is 2.20. The minimum absolute atomic E-state index is 0.0555. The maximum atomic E-state index is 13.4. The van der Waals surface area contributed by atoms with Crippen LogP contribution in [0.2, 0.25) is 0 Å². The van der Waals surface area contributed by atoms with Crippen LogP contribution in [-0.2, 0) is 0 Å². The first-order valence-electron chi connectivity index (χ1n) is 5.35. The highest BCUT2D eigenvalue weighted by Crippen LogP contribution is 2.30. The van der Waals surface area contributed by atoms with Crippen LogP contribution in [0, 0.1) is 15.9 Å². The highest BCUT2D eigenvalue weighted by atomic mass is 79.9. The van der Waals surface area contributed by atoms with Crippen molar-refractivity contribution in [2.24, 2.45) is 0 Å². The molecule has 1 heterocycles. The fraction of sp³-hybridized carbons (Fsp3) is 0. The van der Waals surface area contributed by atoms with Crippen LogP contribution in [0.5, 0.6) is 0 Å². The third kappa shape index (κ3) is 2.97. The Morgan fingerprint density at radius 2 is 2.15 bits per heavy atom. The number of carbonyl (C=O) groups is 1. The van der Waals surface area contributed by atoms with Gasteiger partial charge in [0.05, 0.1) is 9.40 Å². The van der Waals surface area contributed by atoms with Gasteiger partial charge in [0.25, 0.3) is 11.6 Å². The number of carbonyl (C=O) groups excluding carboxylic acids is 1. The second-order valence-electron chi connectivity index (χ2n) is 3.71. The normalized spacial score (nSPS) is 10.1. The van der Waals surface area contributed by atoms with Gasteiger partial charge in [0.1, 0.15) is 17.2 Å². The van der Waals surface area contributed by atoms with Crippen LogP contribution in [0.4, 0.5) is 15.8 Å². The molecule has 0 aliphatic carbocycles. The van der Waals surface area contributed by atoms with Crippen molar-refractivity contribution in [1.82, 2.24) is 4.98 Å². The summed E-state index contributed by atoms with van der Waals surface area (Å²) in [5.74, 6) is -1.37. The van der Waals surface area contributed by atoms with Gasteiger partial charge in [-0.15, -0.1) is 0 Å². The number of aromatic nitrogens is 1. The number of nitro groups is 1. The topological polar surface area (TPSA) is 85.1 Å². The van der Waals surface area contributed by atoms with Crippen LogP contribution in [0.15, 0.2) is 41.0 Å². The van der Waals surface area contributed by atoms with Crippen LogP contribution in [0.1, 0.15) is 10.5 Å². The van der Waals surface area contributed by atoms with Crippen LogP contribution in [-0.4, -0.2) is 15.8 Å². The molecule has 0 aliphatic rings. The molecule has 1 aromatic carbocycles. The summed E-state index contributed by atoms with van der Waals surface area (Å²) >= 11 is 2.86. The maximum absolute atomic E-state index is 13.4. The van der Waals surface area contributed by atoms with Crippen molar-refractivity contribution < 1.29 is 14.1 Å². The van der Waals surface area contributed by atoms with Gasteiger partial charge in [-0.3, -0.25) is 19.9 Å². The average molecular weight is 340 g/mol. The number of hydrogen-bond acceptors (Lipinski definition) is 4. The van der Waals surface area contributed by atoms with Crippen LogP contribution in [0.3, 0.4) is 0 Å². The molecule has 0 unspecified atom stereocenters. The summed E-state index contributed by atoms with van der Waals surface area (Å²) in [5.41, 5.74) is -0.570. The molecule has 0 spiro atoms. The predicted octanol–water partition coefficient (Wildman–Crippen LogP) is 3.14. The zero-order valence-electron chi connectivity index (χ0n) is 9.84. The van der Waals surface area contributed by atoms with Gasteiger partial charge in [-0.25, -0.2) is 4.39 Å². The van der Waals surface area contributed by atoms with Crippen molar-refractivity contribution in [3.8, 4) is 0 Å². The minimum Gasteiger partial charge on any atom is -0.315 e. The third-order valence-electron chi connectivity index (χ3n) is 2.38. The van der Waals surface area contributed by atoms with Crippen LogP contribution >= 0.6 is 15.9 Å². The van der Waals surface area contributed by atoms with E-state index >= 15 is 0 Å². The molecule has 0 fully saturated rings. The Labute approximate surface area is 120 Å². The number of nitro benzene ring substituents is 1. The summed E-state index contributed by atoms with van der Waals surface area (Å²) in [5, 5.41) is 13.2. The van der Waals surface area contributed by atoms with E-state index in [1.54, 1.807) is 12.1 Å². The van der Waals surface area contributed by atoms with E-state index < -0.39 is 22.3 Å². The van der Waals surface area contributed by atoms with Crippen molar-refractivity contribution in [2.45, 2.75) is 0 Å². The van der Waals surface area contributed by atoms with E-state index in [0.717, 1.165) is 12.1 Å². The largest absolute Gasteiger partial charge is 0.315 e. The van der Waals surface area contributed by atoms with Crippen LogP contribution in [0.25, 0.3) is 0 Å². The monoisotopic (exact) mass is 339 g/mol. The molecule has 102 valence electrons. The fourth-order valence-corrected chi connectivity index (χ4v) is 1.80. The quantitative estimate of drug-likeness (QED) is 0.687. The Kier molecular flexibility index (Phi) is 4.04. The first-order chi connectivity index (χ1) is 9.49. The predicted molar refractivity (Wildman–Crippen MR) is 72.9 cm³/mol. The molecule has 0 bridgehead atoms. The van der Waals surface area contributed by atoms with Crippen molar-refractivity contribution >= 4 is 33.2 Å². The Bertz CT molecular complexity index is 679. The molecule has 1 aromatic heterocycles. The van der Waals surface area contributed by atoms with E-state index in [-0.39, 0.29) is 15.9 Å². The molecule has 1 amide bonds. The second kappa shape index (κ2) is 5.74. The Morgan fingerprint density at radius 3 is 2.75 bits per heavy atom. The highest BCUT2D eigenvalue weighted by molar-refractivity contribution is 9.10. The van der Waals surface area contributed by atoms with Crippen molar-refractivity contribution in [3.63, 3.8) is 0 Å². The molecule has 2 aromatic rings. The number of nitrogens with one attached hydrogen (secondary N) is 1. The molecular weight excluding hydrogens is 333 g/mol. The Hall–Kier alpha value is -2.35. The number of hydrogen-bond donors (Lipinski definition) is 1. The molecule has 0 radical (unpaired) electrons. The maximum Gasteiger partial charge on any atom is 0.294 e. The molecule has 8 heteroatoms. The first kappa shape index (κ1) is 14.1. The van der Waals surface area contributed by atoms with Crippen molar-refractivity contribution in [3.05, 3.63) is 62.6 Å². The third-order valence-corrected chi connectivity index (χ3v) is 2.99. The number of amides is 1. The van der Waals surface area contributed by atoms with E-state index in [2.05, 4.69) is 26.2 Å². The lowest BCUT2D eigenvalue weighted by molar-refractivity contribution is -0.384. The van der Waals surface area contributed by atoms with Crippen molar-refractivity contribution in [1.29, 1.82) is 0 Å². The molecule has 0 saturated carbocycles. The van der Waals surface area contributed by atoms with Gasteiger partial charge in [-0.05, 0) is 28.1 Å². The number of anilines is 1. The summed E-state index contributed by atoms with van der Waals surface area (Å²) in [6, 6.07) is 6.53. The summed E-state index contributed by atoms with van der Waals surface area (Å²) in [6.07, 6.45) is 1.41. The number of nitrogens with zero attached hydrogens (tertiary/aromatic N) is 2. The number of rotatable bonds is 3. The summed E-state index contributed by atoms with van der Waals surface area (Å²) in [7, 11) is 0. The fourth-order valence-electron chi connectivity index (χ4n) is 1.47. The SMILES string of the molecule is O=C(Nc1cc(F)c(Br)cc1[N+](=O)[O-])c1ccccn1. The number of benzene rings is 1. The van der Waals surface area contributed by atoms with E-state index in [0.29, 0.717) is 0 Å². The Morgan fingerprint density at radius 1 is 1.40 bits per heavy atom. The van der Waals surface area contributed by atoms with Gasteiger partial charge in [0, 0.05) is 18.3 Å². The van der Waals surface area contributed by atoms with E-state index in [9.17, 15) is 19.3 Å². The smallest absolute Gasteiger partial charge is 0.294 e. The standard InChI is InChI=1S/C12H7BrFN3O3/c13-7-5-11(17(19)20)10(6-8(7)14)16-12(18)9-3-1-2-4-15-9/h1-6H,(H,16,18). The number of halogens is 2. The molecule has 0 aliphatic heterocycles. The van der Waals surface area contributed by atoms with E-state index in [4.69, 9.17) is 0 Å². The lowest BCUT2D eigenvalue weighted by atomic mass is 10.2. The second-order valence-corrected chi connectivity index (χ2v) is 4.56. The zero-order chi connectivity index (χ0) is 14.7. The zero-order valence-corrected chi connectivity index (χ0v) is 11.4. The average Bonchev–Trinajstić information content (AvgIpc) is 2.43. The van der Waals surface area contributed by atoms with Gasteiger partial charge in [0.15, 0.2) is 0 Å².